The van der Waals surface area contributed by atoms with Crippen molar-refractivity contribution in [3.8, 4) is 0 Å². The van der Waals surface area contributed by atoms with Crippen LogP contribution in [-0.4, -0.2) is 34.6 Å². The van der Waals surface area contributed by atoms with Gasteiger partial charge in [0.1, 0.15) is 11.8 Å². The molecule has 0 bridgehead atoms. The van der Waals surface area contributed by atoms with Crippen molar-refractivity contribution in [3.05, 3.63) is 29.6 Å². The van der Waals surface area contributed by atoms with Gasteiger partial charge in [-0.2, -0.15) is 0 Å². The highest BCUT2D eigenvalue weighted by Crippen LogP contribution is 2.02. The van der Waals surface area contributed by atoms with Gasteiger partial charge in [-0.25, -0.2) is 0 Å². The van der Waals surface area contributed by atoms with Crippen molar-refractivity contribution in [2.45, 2.75) is 13.0 Å². The summed E-state index contributed by atoms with van der Waals surface area (Å²) in [6.45, 7) is 1.52. The Morgan fingerprint density at radius 1 is 1.62 bits per heavy atom. The summed E-state index contributed by atoms with van der Waals surface area (Å²) in [6, 6.07) is 3.46. The molecular weight excluding hydrogens is 210 g/mol. The molecule has 0 radical (unpaired) electrons. The number of aromatic nitrogens is 1. The number of carbonyl (C=O) groups is 2. The van der Waals surface area contributed by atoms with Crippen LogP contribution in [0.3, 0.4) is 0 Å². The third-order valence-corrected chi connectivity index (χ3v) is 2.01. The molecule has 0 aliphatic heterocycles. The fourth-order valence-electron chi connectivity index (χ4n) is 1.10. The fraction of sp³-hybridized carbons (Fsp3) is 0.300. The number of nitrogens with two attached hydrogens (primary N) is 1. The topological polar surface area (TPSA) is 105 Å². The minimum atomic E-state index is -1.38. The van der Waals surface area contributed by atoms with E-state index in [9.17, 15) is 9.59 Å². The van der Waals surface area contributed by atoms with Crippen LogP contribution >= 0.6 is 0 Å². The number of nitrogens with one attached hydrogen (secondary N) is 1. The van der Waals surface area contributed by atoms with Crippen molar-refractivity contribution >= 4 is 11.8 Å². The highest BCUT2D eigenvalue weighted by Gasteiger charge is 2.14. The number of hydrogen-bond acceptors (Lipinski definition) is 4. The second-order valence-corrected chi connectivity index (χ2v) is 3.30. The van der Waals surface area contributed by atoms with Gasteiger partial charge in [0.2, 0.25) is 5.91 Å². The van der Waals surface area contributed by atoms with Crippen LogP contribution in [0.2, 0.25) is 0 Å². The molecule has 6 heteroatoms. The Bertz CT molecular complexity index is 406. The van der Waals surface area contributed by atoms with Crippen LogP contribution in [-0.2, 0) is 4.79 Å². The molecule has 0 spiro atoms. The lowest BCUT2D eigenvalue weighted by Gasteiger charge is -2.09. The quantitative estimate of drug-likeness (QED) is 0.606. The van der Waals surface area contributed by atoms with E-state index in [1.807, 2.05) is 0 Å². The zero-order chi connectivity index (χ0) is 12.1. The van der Waals surface area contributed by atoms with Crippen LogP contribution in [0.1, 0.15) is 16.1 Å². The smallest absolute Gasteiger partial charge is 0.270 e. The molecule has 1 aromatic heterocycles. The first-order valence-electron chi connectivity index (χ1n) is 4.69. The Balaban J connectivity index is 2.60. The summed E-state index contributed by atoms with van der Waals surface area (Å²) in [5.41, 5.74) is 5.81. The molecule has 1 heterocycles. The number of hydrogen-bond donors (Lipinski definition) is 3. The van der Waals surface area contributed by atoms with Crippen LogP contribution in [0.5, 0.6) is 0 Å². The number of aliphatic hydroxyl groups is 1. The molecule has 0 aromatic carbocycles. The number of nitrogens with zero attached hydrogens (tertiary/aromatic N) is 1. The summed E-state index contributed by atoms with van der Waals surface area (Å²) < 4.78 is 0. The Hall–Kier alpha value is -1.95. The summed E-state index contributed by atoms with van der Waals surface area (Å²) in [5.74, 6) is -1.32. The van der Waals surface area contributed by atoms with Crippen molar-refractivity contribution in [1.29, 1.82) is 0 Å². The van der Waals surface area contributed by atoms with Crippen LogP contribution in [0, 0.1) is 6.92 Å². The predicted molar refractivity (Wildman–Crippen MR) is 56.5 cm³/mol. The van der Waals surface area contributed by atoms with Crippen molar-refractivity contribution in [3.63, 3.8) is 0 Å². The van der Waals surface area contributed by atoms with E-state index in [4.69, 9.17) is 10.8 Å². The van der Waals surface area contributed by atoms with Gasteiger partial charge in [-0.15, -0.1) is 0 Å². The van der Waals surface area contributed by atoms with Gasteiger partial charge in [0.25, 0.3) is 5.91 Å². The Labute approximate surface area is 92.5 Å². The summed E-state index contributed by atoms with van der Waals surface area (Å²) in [4.78, 5) is 26.0. The first-order valence-corrected chi connectivity index (χ1v) is 4.69. The normalized spacial score (nSPS) is 11.9. The molecule has 1 aromatic rings. The van der Waals surface area contributed by atoms with E-state index in [0.717, 1.165) is 0 Å². The lowest BCUT2D eigenvalue weighted by atomic mass is 10.2. The summed E-state index contributed by atoms with van der Waals surface area (Å²) in [6.07, 6.45) is 0.111. The lowest BCUT2D eigenvalue weighted by molar-refractivity contribution is -0.125. The average Bonchev–Trinajstić information content (AvgIpc) is 2.25. The zero-order valence-electron chi connectivity index (χ0n) is 8.80. The Kier molecular flexibility index (Phi) is 3.96. The highest BCUT2D eigenvalue weighted by molar-refractivity contribution is 5.94. The molecule has 4 N–H and O–H groups in total. The lowest BCUT2D eigenvalue weighted by Crippen LogP contribution is -2.40. The minimum absolute atomic E-state index is 0.218. The SMILES string of the molecule is Cc1cccnc1C(=O)NCC(O)C(N)=O. The number of rotatable bonds is 4. The monoisotopic (exact) mass is 223 g/mol. The van der Waals surface area contributed by atoms with E-state index in [0.29, 0.717) is 5.56 Å². The van der Waals surface area contributed by atoms with Crippen LogP contribution in [0.4, 0.5) is 0 Å². The van der Waals surface area contributed by atoms with Crippen LogP contribution in [0.25, 0.3) is 0 Å². The van der Waals surface area contributed by atoms with Gasteiger partial charge >= 0.3 is 0 Å². The maximum Gasteiger partial charge on any atom is 0.270 e. The molecule has 6 nitrogen and oxygen atoms in total. The van der Waals surface area contributed by atoms with Gasteiger partial charge in [0.05, 0.1) is 6.54 Å². The average molecular weight is 223 g/mol. The van der Waals surface area contributed by atoms with E-state index >= 15 is 0 Å². The van der Waals surface area contributed by atoms with Crippen molar-refractivity contribution in [2.24, 2.45) is 5.73 Å². The second kappa shape index (κ2) is 5.22. The third kappa shape index (κ3) is 3.03. The fourth-order valence-corrected chi connectivity index (χ4v) is 1.10. The molecule has 0 saturated carbocycles. The van der Waals surface area contributed by atoms with Gasteiger partial charge in [-0.1, -0.05) is 6.07 Å². The van der Waals surface area contributed by atoms with E-state index in [-0.39, 0.29) is 12.2 Å². The number of primary amides is 1. The highest BCUT2D eigenvalue weighted by atomic mass is 16.3. The molecule has 1 atom stereocenters. The van der Waals surface area contributed by atoms with Crippen LogP contribution < -0.4 is 11.1 Å². The number of amides is 2. The maximum absolute atomic E-state index is 11.6. The van der Waals surface area contributed by atoms with Gasteiger partial charge < -0.3 is 16.2 Å². The molecule has 0 aliphatic carbocycles. The van der Waals surface area contributed by atoms with Gasteiger partial charge in [-0.05, 0) is 18.6 Å². The second-order valence-electron chi connectivity index (χ2n) is 3.30. The standard InChI is InChI=1S/C10H13N3O3/c1-6-3-2-4-12-8(6)10(16)13-5-7(14)9(11)15/h2-4,7,14H,5H2,1H3,(H2,11,15)(H,13,16). The first-order chi connectivity index (χ1) is 7.52. The molecule has 0 aliphatic rings. The van der Waals surface area contributed by atoms with Crippen molar-refractivity contribution < 1.29 is 14.7 Å². The Morgan fingerprint density at radius 2 is 2.31 bits per heavy atom. The van der Waals surface area contributed by atoms with Gasteiger partial charge in [0.15, 0.2) is 0 Å². The summed E-state index contributed by atoms with van der Waals surface area (Å²) >= 11 is 0. The number of aryl methyl sites for hydroxylation is 1. The first kappa shape index (κ1) is 12.1. The predicted octanol–water partition coefficient (Wildman–Crippen LogP) is -1.03. The third-order valence-electron chi connectivity index (χ3n) is 2.01. The number of carbonyl (C=O) groups excluding carboxylic acids is 2. The molecule has 2 amide bonds. The van der Waals surface area contributed by atoms with E-state index < -0.39 is 17.9 Å². The van der Waals surface area contributed by atoms with Crippen molar-refractivity contribution in [2.75, 3.05) is 6.54 Å². The van der Waals surface area contributed by atoms with E-state index in [1.165, 1.54) is 6.20 Å². The molecule has 86 valence electrons. The maximum atomic E-state index is 11.6. The molecule has 1 unspecified atom stereocenters. The zero-order valence-corrected chi connectivity index (χ0v) is 8.80. The van der Waals surface area contributed by atoms with Crippen LogP contribution in [0.15, 0.2) is 18.3 Å². The molecular formula is C10H13N3O3. The molecule has 16 heavy (non-hydrogen) atoms. The summed E-state index contributed by atoms with van der Waals surface area (Å²) in [7, 11) is 0. The minimum Gasteiger partial charge on any atom is -0.381 e. The molecule has 0 fully saturated rings. The molecule has 1 rings (SSSR count). The summed E-state index contributed by atoms with van der Waals surface area (Å²) in [5, 5.41) is 11.5. The van der Waals surface area contributed by atoms with E-state index in [2.05, 4.69) is 10.3 Å². The largest absolute Gasteiger partial charge is 0.381 e. The Morgan fingerprint density at radius 3 is 2.88 bits per heavy atom. The van der Waals surface area contributed by atoms with Gasteiger partial charge in [-0.3, -0.25) is 14.6 Å². The number of aliphatic hydroxyl groups excluding tert-OH is 1. The van der Waals surface area contributed by atoms with Crippen molar-refractivity contribution in [1.82, 2.24) is 10.3 Å². The number of pyridine rings is 1. The van der Waals surface area contributed by atoms with E-state index in [1.54, 1.807) is 19.1 Å². The van der Waals surface area contributed by atoms with Gasteiger partial charge in [0, 0.05) is 6.20 Å². The molecule has 0 saturated heterocycles.